The first-order chi connectivity index (χ1) is 12.4. The molecule has 1 heterocycles. The summed E-state index contributed by atoms with van der Waals surface area (Å²) in [5.41, 5.74) is 3.57. The number of esters is 1. The SMILES string of the molecule is C=C(C)CN(CC)C(=O)COC(=O)c1ccc(-c2ccccc2)nc1C. The molecule has 0 N–H and O–H groups in total. The number of carbonyl (C=O) groups is 2. The highest BCUT2D eigenvalue weighted by molar-refractivity contribution is 5.92. The van der Waals surface area contributed by atoms with Gasteiger partial charge in [-0.15, -0.1) is 0 Å². The van der Waals surface area contributed by atoms with Crippen molar-refractivity contribution in [1.82, 2.24) is 9.88 Å². The normalized spacial score (nSPS) is 10.3. The fraction of sp³-hybridized carbons (Fsp3) is 0.286. The summed E-state index contributed by atoms with van der Waals surface area (Å²) in [6.07, 6.45) is 0. The molecule has 0 aliphatic carbocycles. The Kier molecular flexibility index (Phi) is 6.67. The van der Waals surface area contributed by atoms with Crippen LogP contribution in [-0.4, -0.2) is 41.5 Å². The quantitative estimate of drug-likeness (QED) is 0.564. The molecule has 5 heteroatoms. The zero-order valence-electron chi connectivity index (χ0n) is 15.5. The summed E-state index contributed by atoms with van der Waals surface area (Å²) < 4.78 is 5.18. The van der Waals surface area contributed by atoms with Crippen molar-refractivity contribution in [1.29, 1.82) is 0 Å². The third-order valence-corrected chi connectivity index (χ3v) is 3.90. The van der Waals surface area contributed by atoms with E-state index in [0.29, 0.717) is 24.3 Å². The molecule has 1 amide bonds. The van der Waals surface area contributed by atoms with Gasteiger partial charge in [0.25, 0.3) is 5.91 Å². The number of amides is 1. The van der Waals surface area contributed by atoms with Gasteiger partial charge in [0.15, 0.2) is 6.61 Å². The lowest BCUT2D eigenvalue weighted by atomic mass is 10.1. The number of hydrogen-bond acceptors (Lipinski definition) is 4. The Morgan fingerprint density at radius 3 is 2.42 bits per heavy atom. The maximum atomic E-state index is 12.3. The molecule has 0 spiro atoms. The van der Waals surface area contributed by atoms with Gasteiger partial charge in [-0.1, -0.05) is 42.5 Å². The van der Waals surface area contributed by atoms with Crippen LogP contribution in [0.5, 0.6) is 0 Å². The van der Waals surface area contributed by atoms with E-state index in [2.05, 4.69) is 11.6 Å². The van der Waals surface area contributed by atoms with E-state index < -0.39 is 5.97 Å². The molecule has 0 unspecified atom stereocenters. The van der Waals surface area contributed by atoms with Crippen LogP contribution in [0.4, 0.5) is 0 Å². The highest BCUT2D eigenvalue weighted by Crippen LogP contribution is 2.19. The van der Waals surface area contributed by atoms with Gasteiger partial charge in [-0.25, -0.2) is 4.79 Å². The minimum Gasteiger partial charge on any atom is -0.452 e. The maximum absolute atomic E-state index is 12.3. The topological polar surface area (TPSA) is 59.5 Å². The third kappa shape index (κ3) is 5.02. The van der Waals surface area contributed by atoms with Gasteiger partial charge in [-0.3, -0.25) is 9.78 Å². The first-order valence-corrected chi connectivity index (χ1v) is 8.54. The minimum absolute atomic E-state index is 0.240. The lowest BCUT2D eigenvalue weighted by Crippen LogP contribution is -2.35. The molecule has 5 nitrogen and oxygen atoms in total. The second kappa shape index (κ2) is 8.94. The molecule has 1 aromatic carbocycles. The van der Waals surface area contributed by atoms with Crippen LogP contribution in [0.15, 0.2) is 54.6 Å². The van der Waals surface area contributed by atoms with Crippen molar-refractivity contribution in [3.8, 4) is 11.3 Å². The summed E-state index contributed by atoms with van der Waals surface area (Å²) in [6, 6.07) is 13.2. The zero-order valence-corrected chi connectivity index (χ0v) is 15.5. The summed E-state index contributed by atoms with van der Waals surface area (Å²) in [6.45, 7) is 9.99. The number of pyridine rings is 1. The summed E-state index contributed by atoms with van der Waals surface area (Å²) in [7, 11) is 0. The van der Waals surface area contributed by atoms with Crippen LogP contribution in [-0.2, 0) is 9.53 Å². The number of rotatable bonds is 7. The molecule has 2 aromatic rings. The predicted molar refractivity (Wildman–Crippen MR) is 102 cm³/mol. The van der Waals surface area contributed by atoms with Crippen molar-refractivity contribution in [2.24, 2.45) is 0 Å². The third-order valence-electron chi connectivity index (χ3n) is 3.90. The second-order valence-corrected chi connectivity index (χ2v) is 6.14. The lowest BCUT2D eigenvalue weighted by Gasteiger charge is -2.20. The van der Waals surface area contributed by atoms with Crippen LogP contribution in [0.1, 0.15) is 29.9 Å². The van der Waals surface area contributed by atoms with Crippen LogP contribution in [0.2, 0.25) is 0 Å². The monoisotopic (exact) mass is 352 g/mol. The minimum atomic E-state index is -0.547. The second-order valence-electron chi connectivity index (χ2n) is 6.14. The molecular weight excluding hydrogens is 328 g/mol. The van der Waals surface area contributed by atoms with Gasteiger partial charge in [-0.2, -0.15) is 0 Å². The zero-order chi connectivity index (χ0) is 19.1. The van der Waals surface area contributed by atoms with Crippen molar-refractivity contribution < 1.29 is 14.3 Å². The molecule has 0 saturated heterocycles. The number of hydrogen-bond donors (Lipinski definition) is 0. The Balaban J connectivity index is 2.03. The molecule has 0 saturated carbocycles. The molecule has 0 bridgehead atoms. The van der Waals surface area contributed by atoms with Gasteiger partial charge in [0.2, 0.25) is 0 Å². The van der Waals surface area contributed by atoms with Gasteiger partial charge >= 0.3 is 5.97 Å². The number of likely N-dealkylation sites (N-methyl/N-ethyl adjacent to an activating group) is 1. The van der Waals surface area contributed by atoms with Crippen LogP contribution in [0.25, 0.3) is 11.3 Å². The largest absolute Gasteiger partial charge is 0.452 e. The molecule has 26 heavy (non-hydrogen) atoms. The van der Waals surface area contributed by atoms with Gasteiger partial charge < -0.3 is 9.64 Å². The molecule has 0 aliphatic rings. The lowest BCUT2D eigenvalue weighted by molar-refractivity contribution is -0.133. The Morgan fingerprint density at radius 2 is 1.85 bits per heavy atom. The van der Waals surface area contributed by atoms with Gasteiger partial charge in [0.05, 0.1) is 17.0 Å². The molecule has 0 atom stereocenters. The number of aromatic nitrogens is 1. The van der Waals surface area contributed by atoms with Crippen LogP contribution >= 0.6 is 0 Å². The van der Waals surface area contributed by atoms with Crippen molar-refractivity contribution in [2.45, 2.75) is 20.8 Å². The Hall–Kier alpha value is -2.95. The Labute approximate surface area is 154 Å². The Morgan fingerprint density at radius 1 is 1.15 bits per heavy atom. The van der Waals surface area contributed by atoms with Crippen LogP contribution in [0, 0.1) is 6.92 Å². The fourth-order valence-electron chi connectivity index (χ4n) is 2.54. The van der Waals surface area contributed by atoms with E-state index in [-0.39, 0.29) is 12.5 Å². The highest BCUT2D eigenvalue weighted by atomic mass is 16.5. The Bertz CT molecular complexity index is 800. The summed E-state index contributed by atoms with van der Waals surface area (Å²) in [5.74, 6) is -0.787. The van der Waals surface area contributed by atoms with E-state index in [1.165, 1.54) is 0 Å². The van der Waals surface area contributed by atoms with Crippen LogP contribution < -0.4 is 0 Å². The first-order valence-electron chi connectivity index (χ1n) is 8.54. The molecule has 0 aliphatic heterocycles. The molecule has 0 radical (unpaired) electrons. The number of aryl methyl sites for hydroxylation is 1. The number of ether oxygens (including phenoxy) is 1. The number of benzene rings is 1. The highest BCUT2D eigenvalue weighted by Gasteiger charge is 2.17. The standard InChI is InChI=1S/C21H24N2O3/c1-5-23(13-15(2)3)20(24)14-26-21(25)18-11-12-19(22-16(18)4)17-9-7-6-8-10-17/h6-12H,2,5,13-14H2,1,3-4H3. The fourth-order valence-corrected chi connectivity index (χ4v) is 2.54. The summed E-state index contributed by atoms with van der Waals surface area (Å²) in [4.78, 5) is 30.5. The first kappa shape index (κ1) is 19.4. The van der Waals surface area contributed by atoms with E-state index in [1.54, 1.807) is 24.0 Å². The van der Waals surface area contributed by atoms with Gasteiger partial charge in [-0.05, 0) is 32.9 Å². The van der Waals surface area contributed by atoms with Gasteiger partial charge in [0, 0.05) is 18.7 Å². The van der Waals surface area contributed by atoms with E-state index in [9.17, 15) is 9.59 Å². The van der Waals surface area contributed by atoms with Gasteiger partial charge in [0.1, 0.15) is 0 Å². The molecule has 1 aromatic heterocycles. The molecule has 2 rings (SSSR count). The maximum Gasteiger partial charge on any atom is 0.340 e. The number of carbonyl (C=O) groups excluding carboxylic acids is 2. The smallest absolute Gasteiger partial charge is 0.340 e. The summed E-state index contributed by atoms with van der Waals surface area (Å²) >= 11 is 0. The van der Waals surface area contributed by atoms with E-state index >= 15 is 0 Å². The summed E-state index contributed by atoms with van der Waals surface area (Å²) in [5, 5.41) is 0. The van der Waals surface area contributed by atoms with Crippen molar-refractivity contribution >= 4 is 11.9 Å². The molecule has 136 valence electrons. The van der Waals surface area contributed by atoms with Crippen molar-refractivity contribution in [3.63, 3.8) is 0 Å². The average molecular weight is 352 g/mol. The molecule has 0 fully saturated rings. The van der Waals surface area contributed by atoms with Crippen molar-refractivity contribution in [3.05, 3.63) is 65.9 Å². The predicted octanol–water partition coefficient (Wildman–Crippen LogP) is 3.64. The van der Waals surface area contributed by atoms with E-state index in [0.717, 1.165) is 16.8 Å². The average Bonchev–Trinajstić information content (AvgIpc) is 2.64. The van der Waals surface area contributed by atoms with Crippen molar-refractivity contribution in [2.75, 3.05) is 19.7 Å². The molecular formula is C21H24N2O3. The van der Waals surface area contributed by atoms with Crippen LogP contribution in [0.3, 0.4) is 0 Å². The number of nitrogens with zero attached hydrogens (tertiary/aromatic N) is 2. The van der Waals surface area contributed by atoms with E-state index in [1.807, 2.05) is 44.2 Å². The van der Waals surface area contributed by atoms with E-state index in [4.69, 9.17) is 4.74 Å².